The first-order chi connectivity index (χ1) is 32.0. The normalized spacial score (nSPS) is 19.5. The summed E-state index contributed by atoms with van der Waals surface area (Å²) in [5, 5.41) is 27.7. The van der Waals surface area contributed by atoms with Gasteiger partial charge in [0.1, 0.15) is 54.0 Å². The van der Waals surface area contributed by atoms with Crippen molar-refractivity contribution in [3.05, 3.63) is 0 Å². The van der Waals surface area contributed by atoms with E-state index < -0.39 is 108 Å². The number of amides is 9. The smallest absolute Gasteiger partial charge is 0.408 e. The Balaban J connectivity index is 1.81. The molecule has 0 unspecified atom stereocenters. The first-order valence-electron chi connectivity index (χ1n) is 22.9. The van der Waals surface area contributed by atoms with Crippen LogP contribution in [0.1, 0.15) is 113 Å². The molecule has 0 spiro atoms. The van der Waals surface area contributed by atoms with E-state index in [1.54, 1.807) is 20.8 Å². The number of likely N-dealkylation sites (tertiary alicyclic amines) is 2. The van der Waals surface area contributed by atoms with Gasteiger partial charge in [0.2, 0.25) is 47.3 Å². The van der Waals surface area contributed by atoms with Gasteiger partial charge in [0.25, 0.3) is 0 Å². The molecule has 2 saturated heterocycles. The van der Waals surface area contributed by atoms with Crippen molar-refractivity contribution in [2.75, 3.05) is 36.3 Å². The molecule has 9 amide bonds. The fourth-order valence-corrected chi connectivity index (χ4v) is 9.40. The van der Waals surface area contributed by atoms with Crippen LogP contribution in [-0.4, -0.2) is 171 Å². The highest BCUT2D eigenvalue weighted by atomic mass is 32.2. The summed E-state index contributed by atoms with van der Waals surface area (Å²) in [6, 6.07) is -8.91. The molecule has 2 heterocycles. The van der Waals surface area contributed by atoms with Crippen LogP contribution < -0.4 is 37.2 Å². The molecule has 3 rings (SSSR count). The van der Waals surface area contributed by atoms with Crippen molar-refractivity contribution in [3.8, 4) is 0 Å². The van der Waals surface area contributed by atoms with Gasteiger partial charge in [-0.05, 0) is 86.0 Å². The van der Waals surface area contributed by atoms with Crippen molar-refractivity contribution in [2.45, 2.75) is 167 Å². The minimum absolute atomic E-state index is 0.00621. The summed E-state index contributed by atoms with van der Waals surface area (Å²) in [4.78, 5) is 146. The Hall–Kier alpha value is -5.33. The average Bonchev–Trinajstić information content (AvgIpc) is 3.96. The van der Waals surface area contributed by atoms with Gasteiger partial charge in [-0.1, -0.05) is 6.42 Å². The minimum atomic E-state index is -1.58. The molecule has 7 atom stereocenters. The molecule has 3 aliphatic rings. The molecule has 0 aromatic carbocycles. The maximum absolute atomic E-state index is 14.2. The summed E-state index contributed by atoms with van der Waals surface area (Å²) in [7, 11) is 0. The van der Waals surface area contributed by atoms with Crippen molar-refractivity contribution >= 4 is 88.8 Å². The number of carboxylic acids is 1. The van der Waals surface area contributed by atoms with E-state index in [0.717, 1.165) is 47.7 Å². The molecule has 0 radical (unpaired) electrons. The summed E-state index contributed by atoms with van der Waals surface area (Å²) in [5.74, 6) is -7.76. The number of rotatable bonds is 23. The molecular formula is C43H69N9O14S2. The lowest BCUT2D eigenvalue weighted by Crippen LogP contribution is -2.60. The van der Waals surface area contributed by atoms with Gasteiger partial charge in [-0.15, -0.1) is 23.5 Å². The molecule has 0 aromatic rings. The zero-order chi connectivity index (χ0) is 50.7. The molecule has 0 aromatic heterocycles. The van der Waals surface area contributed by atoms with Crippen molar-refractivity contribution in [1.82, 2.24) is 47.0 Å². The molecular weight excluding hydrogens is 931 g/mol. The number of carbonyl (C=O) groups excluding carboxylic acids is 10. The maximum Gasteiger partial charge on any atom is 0.408 e. The third kappa shape index (κ3) is 19.3. The highest BCUT2D eigenvalue weighted by Crippen LogP contribution is 2.23. The van der Waals surface area contributed by atoms with Crippen LogP contribution >= 0.6 is 23.5 Å². The van der Waals surface area contributed by atoms with E-state index in [4.69, 9.17) is 9.47 Å². The van der Waals surface area contributed by atoms with Gasteiger partial charge in [0, 0.05) is 38.4 Å². The molecule has 382 valence electrons. The van der Waals surface area contributed by atoms with Crippen LogP contribution in [0.3, 0.4) is 0 Å². The molecule has 0 bridgehead atoms. The Kier molecular flexibility index (Phi) is 23.1. The van der Waals surface area contributed by atoms with Gasteiger partial charge in [-0.25, -0.2) is 9.59 Å². The number of ether oxygens (including phenoxy) is 2. The van der Waals surface area contributed by atoms with Crippen LogP contribution in [-0.2, 0) is 57.4 Å². The summed E-state index contributed by atoms with van der Waals surface area (Å²) >= 11 is 2.08. The molecule has 23 nitrogen and oxygen atoms in total. The van der Waals surface area contributed by atoms with Crippen LogP contribution in [0.2, 0.25) is 0 Å². The first kappa shape index (κ1) is 57.0. The van der Waals surface area contributed by atoms with E-state index in [-0.39, 0.29) is 67.1 Å². The van der Waals surface area contributed by atoms with Crippen molar-refractivity contribution < 1.29 is 67.3 Å². The Bertz CT molecular complexity index is 1850. The number of carbonyl (C=O) groups is 11. The molecule has 2 aliphatic heterocycles. The Labute approximate surface area is 404 Å². The van der Waals surface area contributed by atoms with Gasteiger partial charge < -0.3 is 61.6 Å². The molecule has 1 aliphatic carbocycles. The molecule has 68 heavy (non-hydrogen) atoms. The summed E-state index contributed by atoms with van der Waals surface area (Å²) < 4.78 is 10.9. The third-order valence-electron chi connectivity index (χ3n) is 11.0. The SMILES string of the molecule is CC(=O)NCSC[C@H](NC(=O)[C@H](C)NC(=O)[C@@H]1CCCN1C(=O)[C@H](C)NC(=O)OC(C)(C)C)C(=O)N[C@@H](CSCNC(C)=O)C(=O)N[C@@H](CC(=O)OC1CCCCC1)C(=O)N1CCC[C@H]1C(=O)O. The quantitative estimate of drug-likeness (QED) is 0.0375. The Morgan fingerprint density at radius 1 is 0.618 bits per heavy atom. The van der Waals surface area contributed by atoms with Gasteiger partial charge in [-0.3, -0.25) is 43.2 Å². The summed E-state index contributed by atoms with van der Waals surface area (Å²) in [6.45, 7) is 10.7. The number of thioether (sulfide) groups is 2. The number of carboxylic acid groups (broad SMARTS) is 1. The number of nitrogens with one attached hydrogen (secondary N) is 7. The molecule has 1 saturated carbocycles. The lowest BCUT2D eigenvalue weighted by Gasteiger charge is -2.30. The van der Waals surface area contributed by atoms with Crippen molar-refractivity contribution in [2.24, 2.45) is 0 Å². The second kappa shape index (κ2) is 27.6. The number of aliphatic carboxylic acids is 1. The predicted molar refractivity (Wildman–Crippen MR) is 249 cm³/mol. The summed E-state index contributed by atoms with van der Waals surface area (Å²) in [5.41, 5.74) is -0.811. The van der Waals surface area contributed by atoms with E-state index >= 15 is 0 Å². The first-order valence-corrected chi connectivity index (χ1v) is 25.2. The minimum Gasteiger partial charge on any atom is -0.480 e. The number of nitrogens with zero attached hydrogens (tertiary/aromatic N) is 2. The third-order valence-corrected chi connectivity index (χ3v) is 12.9. The molecule has 25 heteroatoms. The van der Waals surface area contributed by atoms with Gasteiger partial charge in [0.15, 0.2) is 0 Å². The predicted octanol–water partition coefficient (Wildman–Crippen LogP) is -0.155. The average molecular weight is 1000 g/mol. The zero-order valence-electron chi connectivity index (χ0n) is 39.9. The van der Waals surface area contributed by atoms with Crippen molar-refractivity contribution in [1.29, 1.82) is 0 Å². The van der Waals surface area contributed by atoms with Gasteiger partial charge in [0.05, 0.1) is 18.2 Å². The van der Waals surface area contributed by atoms with E-state index in [1.807, 2.05) is 0 Å². The highest BCUT2D eigenvalue weighted by Gasteiger charge is 2.41. The lowest BCUT2D eigenvalue weighted by molar-refractivity contribution is -0.155. The van der Waals surface area contributed by atoms with E-state index in [0.29, 0.717) is 25.7 Å². The maximum atomic E-state index is 14.2. The van der Waals surface area contributed by atoms with E-state index in [9.17, 15) is 57.8 Å². The fourth-order valence-electron chi connectivity index (χ4n) is 7.61. The number of hydrogen-bond donors (Lipinski definition) is 8. The van der Waals surface area contributed by atoms with E-state index in [2.05, 4.69) is 37.2 Å². The van der Waals surface area contributed by atoms with Gasteiger partial charge >= 0.3 is 18.0 Å². The summed E-state index contributed by atoms with van der Waals surface area (Å²) in [6.07, 6.45) is 3.40. The van der Waals surface area contributed by atoms with Crippen LogP contribution in [0.25, 0.3) is 0 Å². The molecule has 8 N–H and O–H groups in total. The monoisotopic (exact) mass is 999 g/mol. The van der Waals surface area contributed by atoms with Crippen LogP contribution in [0, 0.1) is 0 Å². The largest absolute Gasteiger partial charge is 0.480 e. The Morgan fingerprint density at radius 2 is 1.12 bits per heavy atom. The van der Waals surface area contributed by atoms with E-state index in [1.165, 1.54) is 32.6 Å². The number of esters is 1. The second-order valence-electron chi connectivity index (χ2n) is 17.9. The van der Waals surface area contributed by atoms with Crippen LogP contribution in [0.5, 0.6) is 0 Å². The number of hydrogen-bond acceptors (Lipinski definition) is 15. The number of alkyl carbamates (subject to hydrolysis) is 1. The van der Waals surface area contributed by atoms with Crippen LogP contribution in [0.15, 0.2) is 0 Å². The highest BCUT2D eigenvalue weighted by molar-refractivity contribution is 7.99. The fraction of sp³-hybridized carbons (Fsp3) is 0.744. The zero-order valence-corrected chi connectivity index (χ0v) is 41.5. The lowest BCUT2D eigenvalue weighted by atomic mass is 9.98. The Morgan fingerprint density at radius 3 is 1.63 bits per heavy atom. The second-order valence-corrected chi connectivity index (χ2v) is 20.0. The molecule has 3 fully saturated rings. The van der Waals surface area contributed by atoms with Crippen molar-refractivity contribution in [3.63, 3.8) is 0 Å². The van der Waals surface area contributed by atoms with Gasteiger partial charge in [-0.2, -0.15) is 0 Å². The van der Waals surface area contributed by atoms with Crippen LogP contribution in [0.4, 0.5) is 4.79 Å². The standard InChI is InChI=1S/C43H69N9O14S2/c1-24(46-38(59)32-15-11-17-51(32)39(60)25(2)47-42(64)66-43(5,6)7)35(56)49-30(20-67-22-44-26(3)53)37(58)50-31(21-68-23-45-27(4)54)36(57)48-29(19-34(55)65-28-13-9-8-10-14-28)40(61)52-18-12-16-33(52)41(62)63/h24-25,28-33H,8-23H2,1-7H3,(H,44,53)(H,45,54)(H,46,59)(H,47,64)(H,48,57)(H,49,56)(H,50,58)(H,62,63)/t24-,25-,29-,30-,31-,32-,33-/m0/s1. The topological polar surface area (TPSA) is 317 Å².